The van der Waals surface area contributed by atoms with Crippen molar-refractivity contribution in [2.45, 2.75) is 51.2 Å². The molecular weight excluding hydrogens is 226 g/mol. The van der Waals surface area contributed by atoms with Crippen LogP contribution in [-0.2, 0) is 7.05 Å². The second-order valence-corrected chi connectivity index (χ2v) is 5.28. The van der Waals surface area contributed by atoms with Crippen LogP contribution in [0.1, 0.15) is 51.5 Å². The van der Waals surface area contributed by atoms with Gasteiger partial charge in [0.2, 0.25) is 0 Å². The molecule has 0 bridgehead atoms. The molecule has 0 saturated heterocycles. The minimum atomic E-state index is -0.486. The molecule has 1 saturated carbocycles. The van der Waals surface area contributed by atoms with Crippen LogP contribution in [-0.4, -0.2) is 38.2 Å². The normalized spacial score (nSPS) is 20.5. The molecule has 0 spiro atoms. The summed E-state index contributed by atoms with van der Waals surface area (Å²) >= 11 is 0. The molecule has 102 valence electrons. The Balaban J connectivity index is 2.33. The summed E-state index contributed by atoms with van der Waals surface area (Å²) in [5.41, 5.74) is -0.109. The molecular formula is C14H25N3O. The van der Waals surface area contributed by atoms with Crippen LogP contribution in [0.2, 0.25) is 0 Å². The summed E-state index contributed by atoms with van der Waals surface area (Å²) in [5, 5.41) is 10.8. The molecule has 1 heterocycles. The number of nitrogens with zero attached hydrogens (tertiary/aromatic N) is 3. The molecule has 4 heteroatoms. The third kappa shape index (κ3) is 2.08. The Morgan fingerprint density at radius 2 is 2.00 bits per heavy atom. The Hall–Kier alpha value is -0.870. The zero-order valence-corrected chi connectivity index (χ0v) is 11.8. The van der Waals surface area contributed by atoms with Gasteiger partial charge in [0, 0.05) is 19.4 Å². The minimum Gasteiger partial charge on any atom is -0.383 e. The van der Waals surface area contributed by atoms with Gasteiger partial charge in [-0.15, -0.1) is 0 Å². The zero-order chi connectivity index (χ0) is 13.2. The standard InChI is InChI=1S/C14H25N3O/c1-4-17(5-2)14(8-6-7-9-14)12(18)13-15-10-11-16(13)3/h10-12,18H,4-9H2,1-3H3. The Kier molecular flexibility index (Phi) is 4.07. The van der Waals surface area contributed by atoms with Gasteiger partial charge in [0.05, 0.1) is 5.54 Å². The predicted molar refractivity (Wildman–Crippen MR) is 72.3 cm³/mol. The van der Waals surface area contributed by atoms with Crippen molar-refractivity contribution in [1.29, 1.82) is 0 Å². The van der Waals surface area contributed by atoms with Crippen molar-refractivity contribution in [1.82, 2.24) is 14.5 Å². The van der Waals surface area contributed by atoms with Crippen LogP contribution in [0.4, 0.5) is 0 Å². The van der Waals surface area contributed by atoms with Gasteiger partial charge in [0.15, 0.2) is 0 Å². The van der Waals surface area contributed by atoms with Crippen molar-refractivity contribution in [2.24, 2.45) is 7.05 Å². The summed E-state index contributed by atoms with van der Waals surface area (Å²) in [5.74, 6) is 0.795. The van der Waals surface area contributed by atoms with Gasteiger partial charge in [-0.2, -0.15) is 0 Å². The van der Waals surface area contributed by atoms with E-state index in [1.807, 2.05) is 17.8 Å². The number of hydrogen-bond donors (Lipinski definition) is 1. The van der Waals surface area contributed by atoms with E-state index in [0.717, 1.165) is 31.8 Å². The highest BCUT2D eigenvalue weighted by Crippen LogP contribution is 2.43. The van der Waals surface area contributed by atoms with Gasteiger partial charge in [-0.25, -0.2) is 4.98 Å². The molecule has 1 aliphatic carbocycles. The van der Waals surface area contributed by atoms with Crippen molar-refractivity contribution in [3.8, 4) is 0 Å². The monoisotopic (exact) mass is 251 g/mol. The summed E-state index contributed by atoms with van der Waals surface area (Å²) in [6.07, 6.45) is 7.74. The maximum absolute atomic E-state index is 10.8. The Bertz CT molecular complexity index is 378. The van der Waals surface area contributed by atoms with E-state index < -0.39 is 6.10 Å². The number of aliphatic hydroxyl groups excluding tert-OH is 1. The minimum absolute atomic E-state index is 0.109. The van der Waals surface area contributed by atoms with E-state index in [4.69, 9.17) is 0 Å². The first-order valence-electron chi connectivity index (χ1n) is 7.06. The van der Waals surface area contributed by atoms with Crippen LogP contribution < -0.4 is 0 Å². The van der Waals surface area contributed by atoms with E-state index >= 15 is 0 Å². The molecule has 1 N–H and O–H groups in total. The van der Waals surface area contributed by atoms with E-state index in [9.17, 15) is 5.11 Å². The Morgan fingerprint density at radius 3 is 2.44 bits per heavy atom. The molecule has 0 amide bonds. The van der Waals surface area contributed by atoms with Crippen LogP contribution >= 0.6 is 0 Å². The molecule has 1 fully saturated rings. The van der Waals surface area contributed by atoms with Crippen LogP contribution in [0.25, 0.3) is 0 Å². The lowest BCUT2D eigenvalue weighted by Crippen LogP contribution is -2.51. The van der Waals surface area contributed by atoms with Crippen LogP contribution in [0.5, 0.6) is 0 Å². The van der Waals surface area contributed by atoms with E-state index in [-0.39, 0.29) is 5.54 Å². The third-order valence-corrected chi connectivity index (χ3v) is 4.47. The smallest absolute Gasteiger partial charge is 0.139 e. The lowest BCUT2D eigenvalue weighted by Gasteiger charge is -2.43. The molecule has 1 aromatic rings. The number of aliphatic hydroxyl groups is 1. The Morgan fingerprint density at radius 1 is 1.39 bits per heavy atom. The van der Waals surface area contributed by atoms with E-state index in [2.05, 4.69) is 23.7 Å². The number of aryl methyl sites for hydroxylation is 1. The van der Waals surface area contributed by atoms with E-state index in [1.54, 1.807) is 6.20 Å². The van der Waals surface area contributed by atoms with E-state index in [1.165, 1.54) is 12.8 Å². The van der Waals surface area contributed by atoms with Crippen LogP contribution in [0.3, 0.4) is 0 Å². The highest BCUT2D eigenvalue weighted by atomic mass is 16.3. The SMILES string of the molecule is CCN(CC)C1(C(O)c2nccn2C)CCCC1. The van der Waals surface area contributed by atoms with E-state index in [0.29, 0.717) is 0 Å². The number of hydrogen-bond acceptors (Lipinski definition) is 3. The number of rotatable bonds is 5. The van der Waals surface area contributed by atoms with Gasteiger partial charge in [0.25, 0.3) is 0 Å². The topological polar surface area (TPSA) is 41.3 Å². The summed E-state index contributed by atoms with van der Waals surface area (Å²) in [7, 11) is 1.95. The van der Waals surface area contributed by atoms with Crippen molar-refractivity contribution < 1.29 is 5.11 Å². The molecule has 2 rings (SSSR count). The zero-order valence-electron chi connectivity index (χ0n) is 11.8. The van der Waals surface area contributed by atoms with Crippen molar-refractivity contribution in [3.63, 3.8) is 0 Å². The lowest BCUT2D eigenvalue weighted by molar-refractivity contribution is -0.0326. The average Bonchev–Trinajstić information content (AvgIpc) is 3.00. The molecule has 0 radical (unpaired) electrons. The first-order chi connectivity index (χ1) is 8.65. The fourth-order valence-corrected chi connectivity index (χ4v) is 3.48. The maximum atomic E-state index is 10.8. The van der Waals surface area contributed by atoms with Gasteiger partial charge >= 0.3 is 0 Å². The average molecular weight is 251 g/mol. The molecule has 0 aromatic carbocycles. The van der Waals surface area contributed by atoms with Gasteiger partial charge in [-0.1, -0.05) is 26.7 Å². The maximum Gasteiger partial charge on any atom is 0.139 e. The molecule has 1 unspecified atom stereocenters. The fraction of sp³-hybridized carbons (Fsp3) is 0.786. The number of likely N-dealkylation sites (N-methyl/N-ethyl adjacent to an activating group) is 1. The van der Waals surface area contributed by atoms with Crippen molar-refractivity contribution in [2.75, 3.05) is 13.1 Å². The highest BCUT2D eigenvalue weighted by Gasteiger charge is 2.46. The van der Waals surface area contributed by atoms with Gasteiger partial charge in [-0.3, -0.25) is 4.90 Å². The van der Waals surface area contributed by atoms with Crippen molar-refractivity contribution in [3.05, 3.63) is 18.2 Å². The van der Waals surface area contributed by atoms with Gasteiger partial charge < -0.3 is 9.67 Å². The summed E-state index contributed by atoms with van der Waals surface area (Å²) in [6.45, 7) is 6.32. The predicted octanol–water partition coefficient (Wildman–Crippen LogP) is 2.11. The highest BCUT2D eigenvalue weighted by molar-refractivity contribution is 5.09. The largest absolute Gasteiger partial charge is 0.383 e. The summed E-state index contributed by atoms with van der Waals surface area (Å²) in [4.78, 5) is 6.76. The molecule has 4 nitrogen and oxygen atoms in total. The van der Waals surface area contributed by atoms with Gasteiger partial charge in [0.1, 0.15) is 11.9 Å². The summed E-state index contributed by atoms with van der Waals surface area (Å²) < 4.78 is 1.94. The molecule has 1 aromatic heterocycles. The van der Waals surface area contributed by atoms with Crippen LogP contribution in [0.15, 0.2) is 12.4 Å². The second kappa shape index (κ2) is 5.41. The molecule has 1 atom stereocenters. The molecule has 0 aliphatic heterocycles. The Labute approximate surface area is 110 Å². The second-order valence-electron chi connectivity index (χ2n) is 5.28. The third-order valence-electron chi connectivity index (χ3n) is 4.47. The van der Waals surface area contributed by atoms with Crippen LogP contribution in [0, 0.1) is 0 Å². The first kappa shape index (κ1) is 13.6. The summed E-state index contributed by atoms with van der Waals surface area (Å²) in [6, 6.07) is 0. The molecule has 1 aliphatic rings. The number of aromatic nitrogens is 2. The van der Waals surface area contributed by atoms with Gasteiger partial charge in [-0.05, 0) is 25.9 Å². The van der Waals surface area contributed by atoms with Crippen molar-refractivity contribution >= 4 is 0 Å². The first-order valence-corrected chi connectivity index (χ1v) is 7.06. The lowest BCUT2D eigenvalue weighted by atomic mass is 9.87. The molecule has 18 heavy (non-hydrogen) atoms. The number of imidazole rings is 1. The quantitative estimate of drug-likeness (QED) is 0.871. The fourth-order valence-electron chi connectivity index (χ4n) is 3.48.